The highest BCUT2D eigenvalue weighted by Crippen LogP contribution is 2.34. The minimum Gasteiger partial charge on any atom is -0.504 e. The second-order valence-electron chi connectivity index (χ2n) is 4.40. The third kappa shape index (κ3) is 4.77. The molecule has 2 rings (SSSR count). The van der Waals surface area contributed by atoms with Gasteiger partial charge in [0.2, 0.25) is 0 Å². The van der Waals surface area contributed by atoms with Gasteiger partial charge in [-0.15, -0.1) is 0 Å². The van der Waals surface area contributed by atoms with Crippen LogP contribution >= 0.6 is 35.4 Å². The Morgan fingerprint density at radius 2 is 1.86 bits per heavy atom. The summed E-state index contributed by atoms with van der Waals surface area (Å²) in [5, 5.41) is 16.8. The minimum absolute atomic E-state index is 0.0757. The Hall–Kier alpha value is -1.49. The fourth-order valence-corrected chi connectivity index (χ4v) is 2.50. The summed E-state index contributed by atoms with van der Waals surface area (Å²) in [6.07, 6.45) is 0.852. The Balaban J connectivity index is 1.88. The number of halogens is 2. The molecule has 0 aliphatic heterocycles. The van der Waals surface area contributed by atoms with E-state index in [2.05, 4.69) is 22.8 Å². The maximum absolute atomic E-state index is 9.83. The summed E-state index contributed by atoms with van der Waals surface area (Å²) >= 11 is 16.9. The number of phenols is 1. The number of thiocarbonyl (C=S) groups is 1. The first kappa shape index (κ1) is 15.9. The number of aromatic hydroxyl groups is 1. The molecule has 3 N–H and O–H groups in total. The van der Waals surface area contributed by atoms with Crippen molar-refractivity contribution in [1.82, 2.24) is 5.32 Å². The minimum atomic E-state index is -0.0757. The standard InChI is InChI=1S/C15H14Cl2N2OS/c16-11-8-12(17)14(20)13(9-11)19-15(21)18-7-6-10-4-2-1-3-5-10/h1-5,8-9,20H,6-7H2,(H2,18,19,21). The van der Waals surface area contributed by atoms with E-state index in [-0.39, 0.29) is 10.8 Å². The number of hydrogen-bond acceptors (Lipinski definition) is 2. The third-order valence-electron chi connectivity index (χ3n) is 2.82. The quantitative estimate of drug-likeness (QED) is 0.575. The largest absolute Gasteiger partial charge is 0.504 e. The summed E-state index contributed by atoms with van der Waals surface area (Å²) in [7, 11) is 0. The molecule has 0 aromatic heterocycles. The third-order valence-corrected chi connectivity index (χ3v) is 3.57. The van der Waals surface area contributed by atoms with E-state index in [4.69, 9.17) is 35.4 Å². The van der Waals surface area contributed by atoms with E-state index < -0.39 is 0 Å². The molecule has 0 aliphatic rings. The Bertz CT molecular complexity index is 635. The van der Waals surface area contributed by atoms with E-state index in [1.807, 2.05) is 18.2 Å². The van der Waals surface area contributed by atoms with Gasteiger partial charge in [-0.05, 0) is 36.3 Å². The van der Waals surface area contributed by atoms with Gasteiger partial charge in [-0.1, -0.05) is 53.5 Å². The van der Waals surface area contributed by atoms with Crippen molar-refractivity contribution in [3.63, 3.8) is 0 Å². The maximum Gasteiger partial charge on any atom is 0.170 e. The van der Waals surface area contributed by atoms with Crippen LogP contribution in [0.3, 0.4) is 0 Å². The maximum atomic E-state index is 9.83. The molecule has 21 heavy (non-hydrogen) atoms. The monoisotopic (exact) mass is 340 g/mol. The van der Waals surface area contributed by atoms with Gasteiger partial charge in [0.15, 0.2) is 10.9 Å². The van der Waals surface area contributed by atoms with E-state index in [1.54, 1.807) is 6.07 Å². The second kappa shape index (κ2) is 7.50. The SMILES string of the molecule is Oc1c(Cl)cc(Cl)cc1NC(=S)NCCc1ccccc1. The zero-order valence-electron chi connectivity index (χ0n) is 11.1. The Labute approximate surface area is 138 Å². The number of nitrogens with one attached hydrogen (secondary N) is 2. The molecule has 0 aliphatic carbocycles. The fourth-order valence-electron chi connectivity index (χ4n) is 1.79. The lowest BCUT2D eigenvalue weighted by Gasteiger charge is -2.12. The first-order valence-electron chi connectivity index (χ1n) is 6.33. The molecule has 6 heteroatoms. The lowest BCUT2D eigenvalue weighted by molar-refractivity contribution is 0.478. The molecule has 110 valence electrons. The van der Waals surface area contributed by atoms with E-state index in [9.17, 15) is 5.11 Å². The second-order valence-corrected chi connectivity index (χ2v) is 5.65. The molecule has 3 nitrogen and oxygen atoms in total. The van der Waals surface area contributed by atoms with Gasteiger partial charge in [0.25, 0.3) is 0 Å². The average molecular weight is 341 g/mol. The van der Waals surface area contributed by atoms with Crippen LogP contribution in [0.25, 0.3) is 0 Å². The van der Waals surface area contributed by atoms with E-state index in [0.29, 0.717) is 22.4 Å². The Morgan fingerprint density at radius 1 is 1.14 bits per heavy atom. The van der Waals surface area contributed by atoms with Gasteiger partial charge in [0.05, 0.1) is 10.7 Å². The summed E-state index contributed by atoms with van der Waals surface area (Å²) < 4.78 is 0. The van der Waals surface area contributed by atoms with Gasteiger partial charge in [-0.2, -0.15) is 0 Å². The number of rotatable bonds is 4. The van der Waals surface area contributed by atoms with Crippen LogP contribution in [0.5, 0.6) is 5.75 Å². The smallest absolute Gasteiger partial charge is 0.170 e. The number of phenolic OH excluding ortho intramolecular Hbond substituents is 1. The Morgan fingerprint density at radius 3 is 2.57 bits per heavy atom. The van der Waals surface area contributed by atoms with E-state index >= 15 is 0 Å². The molecule has 0 amide bonds. The van der Waals surface area contributed by atoms with Crippen LogP contribution in [0.2, 0.25) is 10.0 Å². The van der Waals surface area contributed by atoms with Crippen molar-refractivity contribution >= 4 is 46.2 Å². The first-order valence-corrected chi connectivity index (χ1v) is 7.49. The summed E-state index contributed by atoms with van der Waals surface area (Å²) in [6, 6.07) is 13.1. The number of anilines is 1. The van der Waals surface area contributed by atoms with Gasteiger partial charge in [0.1, 0.15) is 0 Å². The van der Waals surface area contributed by atoms with Crippen molar-refractivity contribution < 1.29 is 5.11 Å². The molecule has 0 heterocycles. The normalized spacial score (nSPS) is 10.2. The Kier molecular flexibility index (Phi) is 5.67. The lowest BCUT2D eigenvalue weighted by Crippen LogP contribution is -2.30. The van der Waals surface area contributed by atoms with Crippen LogP contribution in [0, 0.1) is 0 Å². The molecule has 0 atom stereocenters. The summed E-state index contributed by atoms with van der Waals surface area (Å²) in [5.41, 5.74) is 1.60. The zero-order chi connectivity index (χ0) is 15.2. The highest BCUT2D eigenvalue weighted by Gasteiger charge is 2.09. The van der Waals surface area contributed by atoms with Crippen molar-refractivity contribution in [3.05, 3.63) is 58.1 Å². The van der Waals surface area contributed by atoms with Gasteiger partial charge in [0, 0.05) is 11.6 Å². The van der Waals surface area contributed by atoms with E-state index in [1.165, 1.54) is 11.6 Å². The van der Waals surface area contributed by atoms with Crippen molar-refractivity contribution in [2.75, 3.05) is 11.9 Å². The van der Waals surface area contributed by atoms with Crippen LogP contribution in [0.1, 0.15) is 5.56 Å². The predicted molar refractivity (Wildman–Crippen MR) is 92.5 cm³/mol. The molecule has 0 saturated carbocycles. The van der Waals surface area contributed by atoms with Gasteiger partial charge in [-0.25, -0.2) is 0 Å². The topological polar surface area (TPSA) is 44.3 Å². The van der Waals surface area contributed by atoms with Crippen molar-refractivity contribution in [2.24, 2.45) is 0 Å². The molecule has 0 unspecified atom stereocenters. The average Bonchev–Trinajstić information content (AvgIpc) is 2.45. The van der Waals surface area contributed by atoms with Crippen molar-refractivity contribution in [3.8, 4) is 5.75 Å². The summed E-state index contributed by atoms with van der Waals surface area (Å²) in [6.45, 7) is 0.685. The van der Waals surface area contributed by atoms with E-state index in [0.717, 1.165) is 6.42 Å². The number of benzene rings is 2. The highest BCUT2D eigenvalue weighted by atomic mass is 35.5. The highest BCUT2D eigenvalue weighted by molar-refractivity contribution is 7.80. The van der Waals surface area contributed by atoms with Crippen LogP contribution in [0.15, 0.2) is 42.5 Å². The van der Waals surface area contributed by atoms with Gasteiger partial charge < -0.3 is 15.7 Å². The van der Waals surface area contributed by atoms with Crippen LogP contribution in [-0.2, 0) is 6.42 Å². The number of hydrogen-bond donors (Lipinski definition) is 3. The lowest BCUT2D eigenvalue weighted by atomic mass is 10.1. The molecule has 0 spiro atoms. The first-order chi connectivity index (χ1) is 10.1. The van der Waals surface area contributed by atoms with Crippen LogP contribution < -0.4 is 10.6 Å². The van der Waals surface area contributed by atoms with Gasteiger partial charge in [-0.3, -0.25) is 0 Å². The molecule has 0 fully saturated rings. The molecule has 2 aromatic rings. The van der Waals surface area contributed by atoms with Gasteiger partial charge >= 0.3 is 0 Å². The predicted octanol–water partition coefficient (Wildman–Crippen LogP) is 4.23. The molecule has 0 radical (unpaired) electrons. The zero-order valence-corrected chi connectivity index (χ0v) is 13.4. The summed E-state index contributed by atoms with van der Waals surface area (Å²) in [4.78, 5) is 0. The molecular formula is C15H14Cl2N2OS. The summed E-state index contributed by atoms with van der Waals surface area (Å²) in [5.74, 6) is -0.0757. The molecule has 0 saturated heterocycles. The van der Waals surface area contributed by atoms with Crippen LogP contribution in [0.4, 0.5) is 5.69 Å². The molecular weight excluding hydrogens is 327 g/mol. The van der Waals surface area contributed by atoms with Crippen molar-refractivity contribution in [1.29, 1.82) is 0 Å². The molecule has 0 bridgehead atoms. The molecule has 2 aromatic carbocycles. The van der Waals surface area contributed by atoms with Crippen molar-refractivity contribution in [2.45, 2.75) is 6.42 Å². The fraction of sp³-hybridized carbons (Fsp3) is 0.133. The van der Waals surface area contributed by atoms with Crippen LogP contribution in [-0.4, -0.2) is 16.8 Å².